The predicted molar refractivity (Wildman–Crippen MR) is 83.8 cm³/mol. The molecule has 7 nitrogen and oxygen atoms in total. The van der Waals surface area contributed by atoms with E-state index in [1.54, 1.807) is 14.0 Å². The van der Waals surface area contributed by atoms with Crippen molar-refractivity contribution < 1.29 is 4.52 Å². The van der Waals surface area contributed by atoms with Gasteiger partial charge in [-0.2, -0.15) is 4.98 Å². The summed E-state index contributed by atoms with van der Waals surface area (Å²) in [6, 6.07) is 2.09. The lowest BCUT2D eigenvalue weighted by Crippen LogP contribution is -2.38. The van der Waals surface area contributed by atoms with Gasteiger partial charge in [0.05, 0.1) is 13.1 Å². The Bertz CT molecular complexity index is 632. The van der Waals surface area contributed by atoms with Crippen molar-refractivity contribution in [2.24, 2.45) is 12.0 Å². The Balaban J connectivity index is 1.95. The highest BCUT2D eigenvalue weighted by molar-refractivity contribution is 9.10. The molecule has 2 aromatic heterocycles. The normalized spacial score (nSPS) is 11.8. The lowest BCUT2D eigenvalue weighted by atomic mass is 10.4. The molecule has 0 fully saturated rings. The van der Waals surface area contributed by atoms with Crippen molar-refractivity contribution in [3.8, 4) is 0 Å². The van der Waals surface area contributed by atoms with Gasteiger partial charge in [0, 0.05) is 37.5 Å². The molecular weight excluding hydrogens is 336 g/mol. The Morgan fingerprint density at radius 2 is 2.33 bits per heavy atom. The van der Waals surface area contributed by atoms with Gasteiger partial charge < -0.3 is 19.3 Å². The Morgan fingerprint density at radius 1 is 1.57 bits per heavy atom. The van der Waals surface area contributed by atoms with Crippen molar-refractivity contribution in [1.82, 2.24) is 24.9 Å². The van der Waals surface area contributed by atoms with Crippen LogP contribution in [-0.4, -0.2) is 39.7 Å². The molecule has 1 N–H and O–H groups in total. The minimum atomic E-state index is 0.453. The largest absolute Gasteiger partial charge is 0.352 e. The van der Waals surface area contributed by atoms with Crippen LogP contribution in [-0.2, 0) is 20.1 Å². The molecule has 0 aliphatic carbocycles. The summed E-state index contributed by atoms with van der Waals surface area (Å²) >= 11 is 3.48. The maximum Gasteiger partial charge on any atom is 0.246 e. The highest BCUT2D eigenvalue weighted by Crippen LogP contribution is 2.14. The zero-order chi connectivity index (χ0) is 15.4. The average molecular weight is 355 g/mol. The second kappa shape index (κ2) is 6.75. The maximum absolute atomic E-state index is 5.07. The highest BCUT2D eigenvalue weighted by atomic mass is 79.9. The lowest BCUT2D eigenvalue weighted by Gasteiger charge is -2.21. The minimum absolute atomic E-state index is 0.453. The molecule has 21 heavy (non-hydrogen) atoms. The third-order valence-electron chi connectivity index (χ3n) is 3.01. The highest BCUT2D eigenvalue weighted by Gasteiger charge is 2.11. The summed E-state index contributed by atoms with van der Waals surface area (Å²) in [5, 5.41) is 6.96. The fourth-order valence-corrected chi connectivity index (χ4v) is 2.56. The minimum Gasteiger partial charge on any atom is -0.352 e. The van der Waals surface area contributed by atoms with Crippen LogP contribution in [0.4, 0.5) is 0 Å². The molecule has 0 amide bonds. The van der Waals surface area contributed by atoms with E-state index in [1.165, 1.54) is 5.69 Å². The number of rotatable bonds is 4. The molecule has 0 aliphatic rings. The lowest BCUT2D eigenvalue weighted by molar-refractivity contribution is 0.367. The number of aryl methyl sites for hydroxylation is 2. The van der Waals surface area contributed by atoms with Crippen LogP contribution in [0.1, 0.15) is 17.4 Å². The molecule has 0 aromatic carbocycles. The topological polar surface area (TPSA) is 71.5 Å². The molecule has 0 saturated heterocycles. The molecule has 0 radical (unpaired) electrons. The van der Waals surface area contributed by atoms with Gasteiger partial charge in [0.1, 0.15) is 0 Å². The summed E-state index contributed by atoms with van der Waals surface area (Å²) < 4.78 is 8.22. The summed E-state index contributed by atoms with van der Waals surface area (Å²) in [6.07, 6.45) is 2.03. The molecule has 8 heteroatoms. The van der Waals surface area contributed by atoms with Crippen LogP contribution in [0, 0.1) is 6.92 Å². The smallest absolute Gasteiger partial charge is 0.246 e. The molecule has 2 rings (SSSR count). The van der Waals surface area contributed by atoms with E-state index in [9.17, 15) is 0 Å². The van der Waals surface area contributed by atoms with Crippen LogP contribution >= 0.6 is 15.9 Å². The van der Waals surface area contributed by atoms with Crippen molar-refractivity contribution in [1.29, 1.82) is 0 Å². The number of nitrogens with zero attached hydrogens (tertiary/aromatic N) is 5. The van der Waals surface area contributed by atoms with E-state index < -0.39 is 0 Å². The SMILES string of the molecule is CN=C(NCc1nc(C)no1)N(C)Cc1cc(Br)cn1C. The Kier molecular flexibility index (Phi) is 5.00. The molecular formula is C13H19BrN6O. The first-order chi connectivity index (χ1) is 9.99. The summed E-state index contributed by atoms with van der Waals surface area (Å²) in [7, 11) is 5.75. The molecule has 2 aromatic rings. The average Bonchev–Trinajstić information content (AvgIpc) is 2.96. The molecule has 114 valence electrons. The maximum atomic E-state index is 5.07. The summed E-state index contributed by atoms with van der Waals surface area (Å²) in [4.78, 5) is 10.4. The quantitative estimate of drug-likeness (QED) is 0.668. The summed E-state index contributed by atoms with van der Waals surface area (Å²) in [6.45, 7) is 2.99. The van der Waals surface area contributed by atoms with E-state index >= 15 is 0 Å². The Hall–Kier alpha value is -1.83. The number of hydrogen-bond donors (Lipinski definition) is 1. The third-order valence-corrected chi connectivity index (χ3v) is 3.45. The van der Waals surface area contributed by atoms with Gasteiger partial charge in [0.25, 0.3) is 0 Å². The van der Waals surface area contributed by atoms with Gasteiger partial charge in [-0.1, -0.05) is 5.16 Å². The van der Waals surface area contributed by atoms with E-state index in [1.807, 2.05) is 25.2 Å². The van der Waals surface area contributed by atoms with Crippen LogP contribution in [0.15, 0.2) is 26.3 Å². The van der Waals surface area contributed by atoms with Gasteiger partial charge in [-0.25, -0.2) is 0 Å². The fraction of sp³-hybridized carbons (Fsp3) is 0.462. The van der Waals surface area contributed by atoms with Crippen molar-refractivity contribution >= 4 is 21.9 Å². The van der Waals surface area contributed by atoms with Gasteiger partial charge in [0.15, 0.2) is 11.8 Å². The van der Waals surface area contributed by atoms with Gasteiger partial charge in [-0.3, -0.25) is 4.99 Å². The van der Waals surface area contributed by atoms with E-state index in [0.29, 0.717) is 18.3 Å². The first-order valence-electron chi connectivity index (χ1n) is 6.51. The third kappa shape index (κ3) is 4.07. The van der Waals surface area contributed by atoms with Crippen molar-refractivity contribution in [2.45, 2.75) is 20.0 Å². The number of hydrogen-bond acceptors (Lipinski definition) is 4. The van der Waals surface area contributed by atoms with E-state index in [0.717, 1.165) is 17.0 Å². The molecule has 2 heterocycles. The summed E-state index contributed by atoms with van der Waals surface area (Å²) in [5.41, 5.74) is 1.18. The van der Waals surface area contributed by atoms with Crippen LogP contribution in [0.5, 0.6) is 0 Å². The van der Waals surface area contributed by atoms with E-state index in [-0.39, 0.29) is 0 Å². The molecule has 0 aliphatic heterocycles. The standard InChI is InChI=1S/C13H19BrN6O/c1-9-17-12(21-18-9)6-16-13(15-2)20(4)8-11-5-10(14)7-19(11)3/h5,7H,6,8H2,1-4H3,(H,15,16). The monoisotopic (exact) mass is 354 g/mol. The van der Waals surface area contributed by atoms with Crippen LogP contribution < -0.4 is 5.32 Å². The first-order valence-corrected chi connectivity index (χ1v) is 7.30. The Morgan fingerprint density at radius 3 is 2.86 bits per heavy atom. The van der Waals surface area contributed by atoms with Gasteiger partial charge in [-0.05, 0) is 28.9 Å². The zero-order valence-electron chi connectivity index (χ0n) is 12.6. The van der Waals surface area contributed by atoms with Crippen molar-refractivity contribution in [3.05, 3.63) is 34.1 Å². The van der Waals surface area contributed by atoms with Gasteiger partial charge in [0.2, 0.25) is 5.89 Å². The van der Waals surface area contributed by atoms with Crippen molar-refractivity contribution in [3.63, 3.8) is 0 Å². The van der Waals surface area contributed by atoms with Crippen LogP contribution in [0.3, 0.4) is 0 Å². The molecule has 0 atom stereocenters. The van der Waals surface area contributed by atoms with E-state index in [4.69, 9.17) is 4.52 Å². The van der Waals surface area contributed by atoms with Crippen molar-refractivity contribution in [2.75, 3.05) is 14.1 Å². The number of aromatic nitrogens is 3. The summed E-state index contributed by atoms with van der Waals surface area (Å²) in [5.74, 6) is 1.94. The number of guanidine groups is 1. The predicted octanol–water partition coefficient (Wildman–Crippen LogP) is 1.69. The second-order valence-electron chi connectivity index (χ2n) is 4.75. The van der Waals surface area contributed by atoms with Gasteiger partial charge >= 0.3 is 0 Å². The molecule has 0 spiro atoms. The van der Waals surface area contributed by atoms with Crippen LogP contribution in [0.25, 0.3) is 0 Å². The Labute approximate surface area is 132 Å². The zero-order valence-corrected chi connectivity index (χ0v) is 14.2. The molecule has 0 saturated carbocycles. The first kappa shape index (κ1) is 15.6. The number of halogens is 1. The van der Waals surface area contributed by atoms with E-state index in [2.05, 4.69) is 47.0 Å². The van der Waals surface area contributed by atoms with Crippen LogP contribution in [0.2, 0.25) is 0 Å². The number of aliphatic imine (C=N–C) groups is 1. The van der Waals surface area contributed by atoms with Gasteiger partial charge in [-0.15, -0.1) is 0 Å². The fourth-order valence-electron chi connectivity index (χ4n) is 1.99. The number of nitrogens with one attached hydrogen (secondary N) is 1. The molecule has 0 unspecified atom stereocenters. The molecule has 0 bridgehead atoms. The second-order valence-corrected chi connectivity index (χ2v) is 5.67.